The minimum Gasteiger partial charge on any atom is -0.378 e. The number of alkyl halides is 3. The van der Waals surface area contributed by atoms with Crippen LogP contribution in [0.4, 0.5) is 30.2 Å². The van der Waals surface area contributed by atoms with E-state index in [4.69, 9.17) is 4.74 Å². The normalized spacial score (nSPS) is 15.2. The molecule has 2 aromatic rings. The number of carbonyl (C=O) groups is 2. The van der Waals surface area contributed by atoms with E-state index in [-0.39, 0.29) is 11.6 Å². The van der Waals surface area contributed by atoms with E-state index in [9.17, 15) is 22.8 Å². The zero-order chi connectivity index (χ0) is 23.3. The number of anilines is 3. The van der Waals surface area contributed by atoms with Crippen molar-refractivity contribution < 1.29 is 27.5 Å². The fraction of sp³-hybridized carbons (Fsp3) is 0.364. The quantitative estimate of drug-likeness (QED) is 0.607. The predicted octanol–water partition coefficient (Wildman–Crippen LogP) is 4.62. The van der Waals surface area contributed by atoms with E-state index in [0.717, 1.165) is 17.0 Å². The molecule has 10 heteroatoms. The van der Waals surface area contributed by atoms with E-state index in [1.165, 1.54) is 24.8 Å². The molecular formula is C22H24F3N3O3S. The van der Waals surface area contributed by atoms with Gasteiger partial charge in [-0.1, -0.05) is 0 Å². The number of halogens is 3. The van der Waals surface area contributed by atoms with Crippen LogP contribution in [0.1, 0.15) is 19.4 Å². The molecule has 1 fully saturated rings. The van der Waals surface area contributed by atoms with Crippen LogP contribution >= 0.6 is 11.8 Å². The molecule has 0 aliphatic carbocycles. The van der Waals surface area contributed by atoms with Crippen molar-refractivity contribution in [3.8, 4) is 0 Å². The second-order valence-electron chi connectivity index (χ2n) is 7.28. The number of hydrogen-bond donors (Lipinski definition) is 2. The Labute approximate surface area is 188 Å². The number of ether oxygens (including phenoxy) is 1. The van der Waals surface area contributed by atoms with E-state index in [2.05, 4.69) is 10.6 Å². The fourth-order valence-corrected chi connectivity index (χ4v) is 4.07. The molecule has 0 bridgehead atoms. The molecule has 1 saturated heterocycles. The van der Waals surface area contributed by atoms with Gasteiger partial charge >= 0.3 is 6.18 Å². The lowest BCUT2D eigenvalue weighted by Crippen LogP contribution is -2.37. The molecule has 1 heterocycles. The molecule has 2 aromatic carbocycles. The van der Waals surface area contributed by atoms with Crippen molar-refractivity contribution in [2.45, 2.75) is 30.2 Å². The predicted molar refractivity (Wildman–Crippen MR) is 119 cm³/mol. The maximum Gasteiger partial charge on any atom is 0.416 e. The monoisotopic (exact) mass is 467 g/mol. The molecular weight excluding hydrogens is 443 g/mol. The Morgan fingerprint density at radius 3 is 2.31 bits per heavy atom. The van der Waals surface area contributed by atoms with Crippen LogP contribution in [-0.2, 0) is 20.5 Å². The van der Waals surface area contributed by atoms with Crippen LogP contribution in [0.5, 0.6) is 0 Å². The summed E-state index contributed by atoms with van der Waals surface area (Å²) in [7, 11) is 0. The number of thioether (sulfide) groups is 1. The molecule has 0 saturated carbocycles. The van der Waals surface area contributed by atoms with E-state index in [1.807, 2.05) is 4.90 Å². The fourth-order valence-electron chi connectivity index (χ4n) is 3.20. The smallest absolute Gasteiger partial charge is 0.378 e. The van der Waals surface area contributed by atoms with Gasteiger partial charge in [0.15, 0.2) is 0 Å². The molecule has 6 nitrogen and oxygen atoms in total. The van der Waals surface area contributed by atoms with Crippen molar-refractivity contribution in [2.75, 3.05) is 41.8 Å². The highest BCUT2D eigenvalue weighted by molar-refractivity contribution is 8.00. The summed E-state index contributed by atoms with van der Waals surface area (Å²) in [5.41, 5.74) is 0.475. The molecule has 0 radical (unpaired) electrons. The Bertz CT molecular complexity index is 961. The molecule has 2 amide bonds. The highest BCUT2D eigenvalue weighted by Crippen LogP contribution is 2.36. The highest BCUT2D eigenvalue weighted by Gasteiger charge is 2.32. The second-order valence-corrected chi connectivity index (χ2v) is 8.70. The van der Waals surface area contributed by atoms with Gasteiger partial charge in [0.05, 0.1) is 35.4 Å². The molecule has 1 atom stereocenters. The summed E-state index contributed by atoms with van der Waals surface area (Å²) in [5.74, 6) is -0.593. The number of amides is 2. The third-order valence-electron chi connectivity index (χ3n) is 4.79. The van der Waals surface area contributed by atoms with Crippen molar-refractivity contribution >= 4 is 40.6 Å². The summed E-state index contributed by atoms with van der Waals surface area (Å²) in [6.07, 6.45) is -4.51. The summed E-state index contributed by atoms with van der Waals surface area (Å²) in [4.78, 5) is 26.6. The summed E-state index contributed by atoms with van der Waals surface area (Å²) < 4.78 is 45.1. The highest BCUT2D eigenvalue weighted by atomic mass is 32.2. The van der Waals surface area contributed by atoms with Gasteiger partial charge in [0, 0.05) is 30.6 Å². The summed E-state index contributed by atoms with van der Waals surface area (Å²) in [6, 6.07) is 10.4. The van der Waals surface area contributed by atoms with Crippen LogP contribution in [0.15, 0.2) is 47.4 Å². The Morgan fingerprint density at radius 2 is 1.72 bits per heavy atom. The number of morpholine rings is 1. The zero-order valence-corrected chi connectivity index (χ0v) is 18.5. The Balaban J connectivity index is 1.75. The third-order valence-corrected chi connectivity index (χ3v) is 5.90. The Hall–Kier alpha value is -2.72. The van der Waals surface area contributed by atoms with Crippen molar-refractivity contribution in [2.24, 2.45) is 0 Å². The first-order chi connectivity index (χ1) is 15.1. The maximum atomic E-state index is 13.3. The van der Waals surface area contributed by atoms with Gasteiger partial charge in [0.25, 0.3) is 0 Å². The van der Waals surface area contributed by atoms with Crippen LogP contribution in [0.3, 0.4) is 0 Å². The van der Waals surface area contributed by atoms with Crippen LogP contribution in [-0.4, -0.2) is 43.4 Å². The first kappa shape index (κ1) is 23.9. The van der Waals surface area contributed by atoms with Gasteiger partial charge in [0.2, 0.25) is 11.8 Å². The molecule has 3 rings (SSSR count). The topological polar surface area (TPSA) is 70.7 Å². The van der Waals surface area contributed by atoms with E-state index in [0.29, 0.717) is 37.7 Å². The average molecular weight is 468 g/mol. The summed E-state index contributed by atoms with van der Waals surface area (Å²) in [6.45, 7) is 5.08. The van der Waals surface area contributed by atoms with Crippen LogP contribution < -0.4 is 15.5 Å². The lowest BCUT2D eigenvalue weighted by atomic mass is 10.1. The number of nitrogens with one attached hydrogen (secondary N) is 2. The molecule has 0 aromatic heterocycles. The van der Waals surface area contributed by atoms with Gasteiger partial charge in [-0.2, -0.15) is 13.2 Å². The molecule has 32 heavy (non-hydrogen) atoms. The summed E-state index contributed by atoms with van der Waals surface area (Å²) >= 11 is 1.27. The van der Waals surface area contributed by atoms with Gasteiger partial charge in [-0.05, 0) is 49.4 Å². The first-order valence-corrected chi connectivity index (χ1v) is 10.9. The van der Waals surface area contributed by atoms with E-state index in [1.54, 1.807) is 31.2 Å². The van der Waals surface area contributed by atoms with Crippen molar-refractivity contribution in [3.05, 3.63) is 48.0 Å². The van der Waals surface area contributed by atoms with Gasteiger partial charge in [-0.15, -0.1) is 11.8 Å². The van der Waals surface area contributed by atoms with Crippen molar-refractivity contribution in [1.29, 1.82) is 0 Å². The first-order valence-electron chi connectivity index (χ1n) is 10.0. The second kappa shape index (κ2) is 10.3. The van der Waals surface area contributed by atoms with Crippen LogP contribution in [0, 0.1) is 0 Å². The molecule has 0 spiro atoms. The lowest BCUT2D eigenvalue weighted by molar-refractivity contribution is -0.137. The molecule has 1 aliphatic heterocycles. The van der Waals surface area contributed by atoms with Crippen molar-refractivity contribution in [3.63, 3.8) is 0 Å². The van der Waals surface area contributed by atoms with Gasteiger partial charge in [0.1, 0.15) is 0 Å². The minimum atomic E-state index is -4.51. The number of nitrogens with zero attached hydrogens (tertiary/aromatic N) is 1. The van der Waals surface area contributed by atoms with Gasteiger partial charge in [-0.25, -0.2) is 0 Å². The van der Waals surface area contributed by atoms with E-state index < -0.39 is 22.9 Å². The number of rotatable bonds is 6. The van der Waals surface area contributed by atoms with Crippen molar-refractivity contribution in [1.82, 2.24) is 0 Å². The minimum absolute atomic E-state index is 0.125. The number of hydrogen-bond acceptors (Lipinski definition) is 5. The molecule has 2 N–H and O–H groups in total. The third kappa shape index (κ3) is 6.39. The molecule has 1 aliphatic rings. The average Bonchev–Trinajstić information content (AvgIpc) is 2.74. The van der Waals surface area contributed by atoms with Crippen LogP contribution in [0.25, 0.3) is 0 Å². The summed E-state index contributed by atoms with van der Waals surface area (Å²) in [5, 5.41) is 4.78. The Kier molecular flexibility index (Phi) is 7.68. The standard InChI is InChI=1S/C22H24F3N3O3S/c1-14(32-18-6-4-17(5-7-18)26-15(2)29)21(30)27-19-13-16(22(23,24)25)3-8-20(19)28-9-11-31-12-10-28/h3-8,13-14H,9-12H2,1-2H3,(H,26,29)(H,27,30)/t14-/m0/s1. The number of carbonyl (C=O) groups excluding carboxylic acids is 2. The maximum absolute atomic E-state index is 13.3. The molecule has 172 valence electrons. The molecule has 0 unspecified atom stereocenters. The SMILES string of the molecule is CC(=O)Nc1ccc(S[C@@H](C)C(=O)Nc2cc(C(F)(F)F)ccc2N2CCOCC2)cc1. The van der Waals surface area contributed by atoms with Gasteiger partial charge in [-0.3, -0.25) is 9.59 Å². The van der Waals surface area contributed by atoms with Crippen LogP contribution in [0.2, 0.25) is 0 Å². The zero-order valence-electron chi connectivity index (χ0n) is 17.7. The lowest BCUT2D eigenvalue weighted by Gasteiger charge is -2.31. The number of benzene rings is 2. The van der Waals surface area contributed by atoms with Gasteiger partial charge < -0.3 is 20.3 Å². The van der Waals surface area contributed by atoms with E-state index >= 15 is 0 Å². The largest absolute Gasteiger partial charge is 0.416 e. The Morgan fingerprint density at radius 1 is 1.06 bits per heavy atom.